The van der Waals surface area contributed by atoms with E-state index in [1.165, 1.54) is 38.8 Å². The Morgan fingerprint density at radius 1 is 1.00 bits per heavy atom. The summed E-state index contributed by atoms with van der Waals surface area (Å²) in [6, 6.07) is 7.95. The van der Waals surface area contributed by atoms with E-state index in [-0.39, 0.29) is 5.91 Å². The van der Waals surface area contributed by atoms with E-state index in [0.717, 1.165) is 25.9 Å². The van der Waals surface area contributed by atoms with E-state index in [9.17, 15) is 4.79 Å². The molecule has 0 N–H and O–H groups in total. The largest absolute Gasteiger partial charge is 0.339 e. The van der Waals surface area contributed by atoms with Gasteiger partial charge in [0.1, 0.15) is 0 Å². The molecule has 0 unspecified atom stereocenters. The number of rotatable bonds is 2. The summed E-state index contributed by atoms with van der Waals surface area (Å²) in [6.45, 7) is 4.22. The number of carbonyl (C=O) groups is 1. The lowest BCUT2D eigenvalue weighted by Gasteiger charge is -2.38. The summed E-state index contributed by atoms with van der Waals surface area (Å²) in [5.74, 6) is 0.122. The van der Waals surface area contributed by atoms with Crippen LogP contribution in [0.1, 0.15) is 48.9 Å². The molecule has 3 nitrogen and oxygen atoms in total. The van der Waals surface area contributed by atoms with Crippen molar-refractivity contribution >= 4 is 17.5 Å². The first kappa shape index (κ1) is 15.8. The summed E-state index contributed by atoms with van der Waals surface area (Å²) in [6.07, 6.45) is 7.63. The molecule has 0 aromatic heterocycles. The molecule has 1 aromatic carbocycles. The Balaban J connectivity index is 1.56. The Kier molecular flexibility index (Phi) is 5.37. The first-order chi connectivity index (χ1) is 10.7. The first-order valence-corrected chi connectivity index (χ1v) is 8.91. The van der Waals surface area contributed by atoms with Gasteiger partial charge in [0.2, 0.25) is 0 Å². The van der Waals surface area contributed by atoms with Crippen LogP contribution in [0.5, 0.6) is 0 Å². The van der Waals surface area contributed by atoms with Crippen molar-refractivity contribution in [3.05, 3.63) is 34.9 Å². The average molecular weight is 321 g/mol. The van der Waals surface area contributed by atoms with E-state index in [0.29, 0.717) is 16.6 Å². The molecule has 22 heavy (non-hydrogen) atoms. The molecule has 0 spiro atoms. The molecule has 3 rings (SSSR count). The third-order valence-corrected chi connectivity index (χ3v) is 5.22. The maximum Gasteiger partial charge on any atom is 0.253 e. The molecule has 1 aromatic rings. The van der Waals surface area contributed by atoms with Crippen molar-refractivity contribution in [1.82, 2.24) is 9.80 Å². The van der Waals surface area contributed by atoms with Crippen molar-refractivity contribution in [2.45, 2.75) is 44.6 Å². The fourth-order valence-electron chi connectivity index (χ4n) is 3.70. The van der Waals surface area contributed by atoms with Crippen molar-refractivity contribution in [2.24, 2.45) is 0 Å². The summed E-state index contributed by atoms with van der Waals surface area (Å²) in [7, 11) is 0. The van der Waals surface area contributed by atoms with E-state index in [2.05, 4.69) is 4.90 Å². The Bertz CT molecular complexity index is 504. The zero-order valence-corrected chi connectivity index (χ0v) is 13.9. The van der Waals surface area contributed by atoms with Gasteiger partial charge in [0.25, 0.3) is 5.91 Å². The Hall–Kier alpha value is -1.06. The average Bonchev–Trinajstić information content (AvgIpc) is 2.84. The van der Waals surface area contributed by atoms with Gasteiger partial charge in [-0.1, -0.05) is 30.5 Å². The predicted octanol–water partition coefficient (Wildman–Crippen LogP) is 3.82. The fraction of sp³-hybridized carbons (Fsp3) is 0.611. The molecular weight excluding hydrogens is 296 g/mol. The molecule has 4 heteroatoms. The number of hydrogen-bond donors (Lipinski definition) is 0. The number of amides is 1. The molecule has 0 atom stereocenters. The summed E-state index contributed by atoms with van der Waals surface area (Å²) in [4.78, 5) is 17.2. The highest BCUT2D eigenvalue weighted by atomic mass is 35.5. The highest BCUT2D eigenvalue weighted by molar-refractivity contribution is 6.30. The van der Waals surface area contributed by atoms with Crippen LogP contribution in [0.2, 0.25) is 5.02 Å². The molecule has 120 valence electrons. The van der Waals surface area contributed by atoms with Crippen LogP contribution >= 0.6 is 11.6 Å². The third kappa shape index (κ3) is 3.82. The van der Waals surface area contributed by atoms with Crippen molar-refractivity contribution in [3.63, 3.8) is 0 Å². The second kappa shape index (κ2) is 7.47. The number of carbonyl (C=O) groups excluding carboxylic acids is 1. The monoisotopic (exact) mass is 320 g/mol. The minimum absolute atomic E-state index is 0.122. The second-order valence-electron chi connectivity index (χ2n) is 6.48. The maximum atomic E-state index is 12.5. The number of halogens is 1. The number of hydrogen-bond acceptors (Lipinski definition) is 2. The summed E-state index contributed by atoms with van der Waals surface area (Å²) in [5.41, 5.74) is 0.709. The number of piperidine rings is 1. The van der Waals surface area contributed by atoms with Crippen LogP contribution in [-0.4, -0.2) is 47.9 Å². The normalized spacial score (nSPS) is 21.6. The number of likely N-dealkylation sites (tertiary alicyclic amines) is 2. The summed E-state index contributed by atoms with van der Waals surface area (Å²) < 4.78 is 0. The van der Waals surface area contributed by atoms with Crippen LogP contribution in [0, 0.1) is 0 Å². The predicted molar refractivity (Wildman–Crippen MR) is 90.4 cm³/mol. The molecule has 2 aliphatic rings. The number of nitrogens with zero attached hydrogens (tertiary/aromatic N) is 2. The maximum absolute atomic E-state index is 12.5. The zero-order chi connectivity index (χ0) is 15.4. The van der Waals surface area contributed by atoms with Gasteiger partial charge in [-0.05, 0) is 57.0 Å². The van der Waals surface area contributed by atoms with E-state index in [1.54, 1.807) is 6.07 Å². The Morgan fingerprint density at radius 2 is 1.68 bits per heavy atom. The highest BCUT2D eigenvalue weighted by Gasteiger charge is 2.27. The highest BCUT2D eigenvalue weighted by Crippen LogP contribution is 2.22. The summed E-state index contributed by atoms with van der Waals surface area (Å²) in [5, 5.41) is 0.630. The van der Waals surface area contributed by atoms with Crippen LogP contribution in [0.3, 0.4) is 0 Å². The Morgan fingerprint density at radius 3 is 2.32 bits per heavy atom. The van der Waals surface area contributed by atoms with Gasteiger partial charge >= 0.3 is 0 Å². The van der Waals surface area contributed by atoms with Crippen molar-refractivity contribution in [3.8, 4) is 0 Å². The lowest BCUT2D eigenvalue weighted by molar-refractivity contribution is 0.0623. The summed E-state index contributed by atoms with van der Waals surface area (Å²) >= 11 is 5.99. The van der Waals surface area contributed by atoms with E-state index in [4.69, 9.17) is 11.6 Å². The van der Waals surface area contributed by atoms with Crippen molar-refractivity contribution in [2.75, 3.05) is 26.2 Å². The first-order valence-electron chi connectivity index (χ1n) is 8.53. The van der Waals surface area contributed by atoms with Crippen LogP contribution < -0.4 is 0 Å². The van der Waals surface area contributed by atoms with Gasteiger partial charge in [0.05, 0.1) is 0 Å². The third-order valence-electron chi connectivity index (χ3n) is 4.98. The topological polar surface area (TPSA) is 23.6 Å². The van der Waals surface area contributed by atoms with E-state index < -0.39 is 0 Å². The van der Waals surface area contributed by atoms with Gasteiger partial charge in [-0.2, -0.15) is 0 Å². The SMILES string of the molecule is O=C(c1cccc(Cl)c1)N1CCC(N2CCCCCC2)CC1. The van der Waals surface area contributed by atoms with Crippen LogP contribution in [0.15, 0.2) is 24.3 Å². The van der Waals surface area contributed by atoms with Gasteiger partial charge in [-0.25, -0.2) is 0 Å². The molecule has 0 bridgehead atoms. The molecule has 2 heterocycles. The van der Waals surface area contributed by atoms with Gasteiger partial charge < -0.3 is 9.80 Å². The quantitative estimate of drug-likeness (QED) is 0.827. The second-order valence-corrected chi connectivity index (χ2v) is 6.92. The van der Waals surface area contributed by atoms with Crippen LogP contribution in [-0.2, 0) is 0 Å². The molecule has 0 radical (unpaired) electrons. The minimum atomic E-state index is 0.122. The lowest BCUT2D eigenvalue weighted by Crippen LogP contribution is -2.47. The van der Waals surface area contributed by atoms with Gasteiger partial charge in [0.15, 0.2) is 0 Å². The van der Waals surface area contributed by atoms with Crippen LogP contribution in [0.25, 0.3) is 0 Å². The van der Waals surface area contributed by atoms with E-state index >= 15 is 0 Å². The molecule has 2 fully saturated rings. The molecule has 0 saturated carbocycles. The van der Waals surface area contributed by atoms with Crippen molar-refractivity contribution in [1.29, 1.82) is 0 Å². The zero-order valence-electron chi connectivity index (χ0n) is 13.1. The van der Waals surface area contributed by atoms with Crippen molar-refractivity contribution < 1.29 is 4.79 Å². The Labute approximate surface area is 138 Å². The smallest absolute Gasteiger partial charge is 0.253 e. The van der Waals surface area contributed by atoms with Crippen LogP contribution in [0.4, 0.5) is 0 Å². The van der Waals surface area contributed by atoms with Gasteiger partial charge in [-0.15, -0.1) is 0 Å². The minimum Gasteiger partial charge on any atom is -0.339 e. The molecule has 0 aliphatic carbocycles. The molecule has 2 saturated heterocycles. The number of benzene rings is 1. The fourth-order valence-corrected chi connectivity index (χ4v) is 3.89. The molecular formula is C18H25ClN2O. The lowest BCUT2D eigenvalue weighted by atomic mass is 10.0. The van der Waals surface area contributed by atoms with Gasteiger partial charge in [0, 0.05) is 29.7 Å². The van der Waals surface area contributed by atoms with Gasteiger partial charge in [-0.3, -0.25) is 4.79 Å². The standard InChI is InChI=1S/C18H25ClN2O/c19-16-7-5-6-15(14-16)18(22)21-12-8-17(9-13-21)20-10-3-1-2-4-11-20/h5-7,14,17H,1-4,8-13H2. The molecule has 1 amide bonds. The van der Waals surface area contributed by atoms with E-state index in [1.807, 2.05) is 23.1 Å². The molecule has 2 aliphatic heterocycles.